The fourth-order valence-corrected chi connectivity index (χ4v) is 1.42. The molecule has 1 aromatic carbocycles. The zero-order valence-corrected chi connectivity index (χ0v) is 10.7. The van der Waals surface area contributed by atoms with Gasteiger partial charge in [-0.25, -0.2) is 4.39 Å². The molecule has 0 radical (unpaired) electrons. The fourth-order valence-electron chi connectivity index (χ4n) is 1.42. The van der Waals surface area contributed by atoms with Gasteiger partial charge in [-0.15, -0.1) is 32.2 Å². The van der Waals surface area contributed by atoms with Crippen molar-refractivity contribution in [1.82, 2.24) is 0 Å². The average Bonchev–Trinajstić information content (AvgIpc) is 2.27. The monoisotopic (exact) mass is 299 g/mol. The van der Waals surface area contributed by atoms with Gasteiger partial charge >= 0.3 is 6.36 Å². The Hall–Kier alpha value is -1.27. The number of alkyl halides is 3. The van der Waals surface area contributed by atoms with Crippen LogP contribution < -0.4 is 10.5 Å². The lowest BCUT2D eigenvalue weighted by Crippen LogP contribution is -2.18. The van der Waals surface area contributed by atoms with Gasteiger partial charge < -0.3 is 10.5 Å². The van der Waals surface area contributed by atoms with E-state index in [1.807, 2.05) is 0 Å². The van der Waals surface area contributed by atoms with Crippen LogP contribution >= 0.6 is 12.4 Å². The highest BCUT2D eigenvalue weighted by Crippen LogP contribution is 2.28. The third-order valence-electron chi connectivity index (χ3n) is 2.29. The number of hydrogen-bond donors (Lipinski definition) is 1. The van der Waals surface area contributed by atoms with Crippen LogP contribution in [0.15, 0.2) is 30.9 Å². The standard InChI is InChI=1S/C12H13F4NO.ClH/c1-2-3-4-10(17)8-5-6-11(9(13)7-8)18-12(14,15)16;/h2,5-7,10H,1,3-4,17H2;1H/t10-;/m1./s1. The number of allylic oxidation sites excluding steroid dienone is 1. The number of nitrogens with two attached hydrogens (primary N) is 1. The fraction of sp³-hybridized carbons (Fsp3) is 0.333. The highest BCUT2D eigenvalue weighted by molar-refractivity contribution is 5.85. The van der Waals surface area contributed by atoms with Crippen LogP contribution in [0.5, 0.6) is 5.75 Å². The molecule has 0 aliphatic heterocycles. The lowest BCUT2D eigenvalue weighted by atomic mass is 10.0. The van der Waals surface area contributed by atoms with Gasteiger partial charge in [0.15, 0.2) is 11.6 Å². The predicted molar refractivity (Wildman–Crippen MR) is 66.7 cm³/mol. The largest absolute Gasteiger partial charge is 0.573 e. The third kappa shape index (κ3) is 5.94. The Labute approximate surface area is 114 Å². The van der Waals surface area contributed by atoms with Crippen LogP contribution in [0.3, 0.4) is 0 Å². The first kappa shape index (κ1) is 17.7. The zero-order valence-electron chi connectivity index (χ0n) is 9.91. The Balaban J connectivity index is 0.00000324. The van der Waals surface area contributed by atoms with Gasteiger partial charge in [-0.05, 0) is 30.5 Å². The minimum atomic E-state index is -4.91. The van der Waals surface area contributed by atoms with Crippen LogP contribution in [0, 0.1) is 5.82 Å². The third-order valence-corrected chi connectivity index (χ3v) is 2.29. The molecule has 0 saturated heterocycles. The van der Waals surface area contributed by atoms with E-state index in [9.17, 15) is 17.6 Å². The van der Waals surface area contributed by atoms with E-state index in [0.29, 0.717) is 18.4 Å². The summed E-state index contributed by atoms with van der Waals surface area (Å²) in [5.41, 5.74) is 6.17. The summed E-state index contributed by atoms with van der Waals surface area (Å²) in [5.74, 6) is -1.94. The second-order valence-corrected chi connectivity index (χ2v) is 3.71. The van der Waals surface area contributed by atoms with Crippen LogP contribution in [-0.4, -0.2) is 6.36 Å². The molecule has 19 heavy (non-hydrogen) atoms. The molecule has 0 bridgehead atoms. The minimum Gasteiger partial charge on any atom is -0.403 e. The van der Waals surface area contributed by atoms with E-state index >= 15 is 0 Å². The first-order valence-corrected chi connectivity index (χ1v) is 5.25. The topological polar surface area (TPSA) is 35.2 Å². The molecule has 1 atom stereocenters. The normalized spacial score (nSPS) is 12.5. The molecule has 0 unspecified atom stereocenters. The summed E-state index contributed by atoms with van der Waals surface area (Å²) in [5, 5.41) is 0. The quantitative estimate of drug-likeness (QED) is 0.656. The van der Waals surface area contributed by atoms with E-state index < -0.39 is 24.0 Å². The van der Waals surface area contributed by atoms with Gasteiger partial charge in [0.2, 0.25) is 0 Å². The predicted octanol–water partition coefficient (Wildman–Crippen LogP) is 4.11. The maximum atomic E-state index is 13.4. The summed E-state index contributed by atoms with van der Waals surface area (Å²) in [6.45, 7) is 3.52. The van der Waals surface area contributed by atoms with Crippen molar-refractivity contribution in [1.29, 1.82) is 0 Å². The van der Waals surface area contributed by atoms with Gasteiger partial charge in [0.25, 0.3) is 0 Å². The van der Waals surface area contributed by atoms with Crippen molar-refractivity contribution >= 4 is 12.4 Å². The van der Waals surface area contributed by atoms with Crippen LogP contribution in [0.4, 0.5) is 17.6 Å². The second-order valence-electron chi connectivity index (χ2n) is 3.71. The Kier molecular flexibility index (Phi) is 6.86. The van der Waals surface area contributed by atoms with Gasteiger partial charge in [-0.1, -0.05) is 12.1 Å². The van der Waals surface area contributed by atoms with E-state index in [2.05, 4.69) is 11.3 Å². The van der Waals surface area contributed by atoms with Crippen molar-refractivity contribution in [2.75, 3.05) is 0 Å². The summed E-state index contributed by atoms with van der Waals surface area (Å²) in [6.07, 6.45) is -2.06. The Morgan fingerprint density at radius 1 is 1.37 bits per heavy atom. The summed E-state index contributed by atoms with van der Waals surface area (Å²) in [6, 6.07) is 2.75. The van der Waals surface area contributed by atoms with Crippen molar-refractivity contribution in [3.05, 3.63) is 42.2 Å². The first-order valence-electron chi connectivity index (χ1n) is 5.25. The van der Waals surface area contributed by atoms with Gasteiger partial charge in [0, 0.05) is 6.04 Å². The van der Waals surface area contributed by atoms with Crippen molar-refractivity contribution in [3.8, 4) is 5.75 Å². The lowest BCUT2D eigenvalue weighted by Gasteiger charge is -2.13. The van der Waals surface area contributed by atoms with Crippen molar-refractivity contribution in [3.63, 3.8) is 0 Å². The SMILES string of the molecule is C=CCC[C@@H](N)c1ccc(OC(F)(F)F)c(F)c1.Cl. The summed E-state index contributed by atoms with van der Waals surface area (Å²) in [4.78, 5) is 0. The molecule has 7 heteroatoms. The molecule has 2 N–H and O–H groups in total. The highest BCUT2D eigenvalue weighted by Gasteiger charge is 2.32. The molecule has 0 amide bonds. The maximum absolute atomic E-state index is 13.4. The molecule has 1 rings (SSSR count). The molecule has 0 spiro atoms. The second kappa shape index (κ2) is 7.35. The molecule has 0 saturated carbocycles. The van der Waals surface area contributed by atoms with Gasteiger partial charge in [-0.3, -0.25) is 0 Å². The van der Waals surface area contributed by atoms with Crippen LogP contribution in [0.25, 0.3) is 0 Å². The smallest absolute Gasteiger partial charge is 0.403 e. The molecular weight excluding hydrogens is 286 g/mol. The van der Waals surface area contributed by atoms with Gasteiger partial charge in [0.05, 0.1) is 0 Å². The number of rotatable bonds is 5. The molecule has 1 aromatic rings. The molecule has 0 aromatic heterocycles. The molecule has 0 aliphatic rings. The van der Waals surface area contributed by atoms with E-state index in [1.165, 1.54) is 6.07 Å². The maximum Gasteiger partial charge on any atom is 0.573 e. The van der Waals surface area contributed by atoms with E-state index in [1.54, 1.807) is 6.08 Å². The zero-order chi connectivity index (χ0) is 13.8. The van der Waals surface area contributed by atoms with Crippen molar-refractivity contribution in [2.45, 2.75) is 25.2 Å². The number of ether oxygens (including phenoxy) is 1. The molecule has 0 heterocycles. The molecule has 108 valence electrons. The van der Waals surface area contributed by atoms with Crippen LogP contribution in [0.2, 0.25) is 0 Å². The minimum absolute atomic E-state index is 0. The van der Waals surface area contributed by atoms with Gasteiger partial charge in [0.1, 0.15) is 0 Å². The molecular formula is C12H14ClF4NO. The highest BCUT2D eigenvalue weighted by atomic mass is 35.5. The average molecular weight is 300 g/mol. The number of benzene rings is 1. The molecule has 0 fully saturated rings. The van der Waals surface area contributed by atoms with Crippen molar-refractivity contribution < 1.29 is 22.3 Å². The summed E-state index contributed by atoms with van der Waals surface area (Å²) >= 11 is 0. The van der Waals surface area contributed by atoms with E-state index in [0.717, 1.165) is 12.1 Å². The number of hydrogen-bond acceptors (Lipinski definition) is 2. The Bertz CT molecular complexity index is 423. The van der Waals surface area contributed by atoms with Crippen LogP contribution in [0.1, 0.15) is 24.4 Å². The van der Waals surface area contributed by atoms with Gasteiger partial charge in [-0.2, -0.15) is 0 Å². The molecule has 0 aliphatic carbocycles. The van der Waals surface area contributed by atoms with Crippen molar-refractivity contribution in [2.24, 2.45) is 5.73 Å². The summed E-state index contributed by atoms with van der Waals surface area (Å²) in [7, 11) is 0. The number of halogens is 5. The molecule has 2 nitrogen and oxygen atoms in total. The van der Waals surface area contributed by atoms with E-state index in [4.69, 9.17) is 5.73 Å². The summed E-state index contributed by atoms with van der Waals surface area (Å²) < 4.78 is 52.6. The Morgan fingerprint density at radius 2 is 2.00 bits per heavy atom. The van der Waals surface area contributed by atoms with Crippen LogP contribution in [-0.2, 0) is 0 Å². The lowest BCUT2D eigenvalue weighted by molar-refractivity contribution is -0.275. The Morgan fingerprint density at radius 3 is 2.47 bits per heavy atom. The van der Waals surface area contributed by atoms with E-state index in [-0.39, 0.29) is 12.4 Å². The first-order chi connectivity index (χ1) is 8.33.